The van der Waals surface area contributed by atoms with Crippen molar-refractivity contribution in [2.45, 2.75) is 49.3 Å². The minimum atomic E-state index is -4.44. The monoisotopic (exact) mass is 535 g/mol. The first kappa shape index (κ1) is 25.8. The van der Waals surface area contributed by atoms with E-state index in [1.54, 1.807) is 0 Å². The number of benzene rings is 1. The lowest BCUT2D eigenvalue weighted by Crippen LogP contribution is -2.41. The quantitative estimate of drug-likeness (QED) is 0.602. The SMILES string of the molecule is O=c1c(Cl)c(NC[C@H]2COCCS2(=O)=O)cnn1[C@H]1CC[C@H](Oc2cccc(C(F)(F)F)c2)CC1. The lowest BCUT2D eigenvalue weighted by molar-refractivity contribution is -0.137. The number of hydrogen-bond acceptors (Lipinski definition) is 7. The van der Waals surface area contributed by atoms with Crippen LogP contribution in [0.2, 0.25) is 5.02 Å². The van der Waals surface area contributed by atoms with Crippen LogP contribution in [0.25, 0.3) is 0 Å². The number of anilines is 1. The molecule has 1 aliphatic heterocycles. The molecule has 1 N–H and O–H groups in total. The molecular weight excluding hydrogens is 511 g/mol. The van der Waals surface area contributed by atoms with Crippen LogP contribution in [0.4, 0.5) is 18.9 Å². The Balaban J connectivity index is 1.36. The van der Waals surface area contributed by atoms with Crippen LogP contribution >= 0.6 is 11.6 Å². The molecule has 0 radical (unpaired) electrons. The third-order valence-electron chi connectivity index (χ3n) is 6.24. The highest BCUT2D eigenvalue weighted by Gasteiger charge is 2.32. The Morgan fingerprint density at radius 1 is 1.23 bits per heavy atom. The highest BCUT2D eigenvalue weighted by molar-refractivity contribution is 7.92. The lowest BCUT2D eigenvalue weighted by Gasteiger charge is -2.29. The number of alkyl halides is 3. The van der Waals surface area contributed by atoms with Crippen LogP contribution in [-0.4, -0.2) is 55.1 Å². The van der Waals surface area contributed by atoms with E-state index in [9.17, 15) is 26.4 Å². The van der Waals surface area contributed by atoms with E-state index in [0.29, 0.717) is 25.7 Å². The van der Waals surface area contributed by atoms with Gasteiger partial charge in [-0.2, -0.15) is 18.3 Å². The summed E-state index contributed by atoms with van der Waals surface area (Å²) in [6.45, 7) is 0.291. The molecule has 13 heteroatoms. The third-order valence-corrected chi connectivity index (χ3v) is 8.66. The summed E-state index contributed by atoms with van der Waals surface area (Å²) in [7, 11) is -3.28. The molecule has 1 aromatic carbocycles. The minimum absolute atomic E-state index is 0.0468. The zero-order chi connectivity index (χ0) is 25.2. The number of nitrogens with zero attached hydrogens (tertiary/aromatic N) is 2. The van der Waals surface area contributed by atoms with Crippen molar-refractivity contribution in [2.75, 3.05) is 30.8 Å². The number of rotatable bonds is 6. The number of aromatic nitrogens is 2. The summed E-state index contributed by atoms with van der Waals surface area (Å²) >= 11 is 6.26. The van der Waals surface area contributed by atoms with Gasteiger partial charge in [-0.1, -0.05) is 17.7 Å². The van der Waals surface area contributed by atoms with Gasteiger partial charge in [-0.3, -0.25) is 4.79 Å². The second-order valence-electron chi connectivity index (χ2n) is 8.64. The van der Waals surface area contributed by atoms with E-state index in [1.165, 1.54) is 23.0 Å². The van der Waals surface area contributed by atoms with Crippen LogP contribution in [-0.2, 0) is 20.8 Å². The summed E-state index contributed by atoms with van der Waals surface area (Å²) in [6.07, 6.45) is -1.18. The molecule has 0 bridgehead atoms. The molecule has 8 nitrogen and oxygen atoms in total. The molecule has 1 aliphatic carbocycles. The van der Waals surface area contributed by atoms with Crippen molar-refractivity contribution in [3.8, 4) is 5.75 Å². The first-order valence-electron chi connectivity index (χ1n) is 11.2. The Morgan fingerprint density at radius 3 is 2.66 bits per heavy atom. The van der Waals surface area contributed by atoms with Crippen molar-refractivity contribution in [2.24, 2.45) is 0 Å². The number of ether oxygens (including phenoxy) is 2. The summed E-state index contributed by atoms with van der Waals surface area (Å²) in [5.74, 6) is 0.106. The van der Waals surface area contributed by atoms with E-state index in [2.05, 4.69) is 10.4 Å². The van der Waals surface area contributed by atoms with E-state index in [0.717, 1.165) is 12.1 Å². The Labute approximate surface area is 205 Å². The highest BCUT2D eigenvalue weighted by Crippen LogP contribution is 2.34. The van der Waals surface area contributed by atoms with E-state index >= 15 is 0 Å². The standard InChI is InChI=1S/C22H25ClF3N3O5S/c23-20-19(27-11-18-13-33-8-9-35(18,31)32)12-28-29(21(20)30)15-4-6-16(7-5-15)34-17-3-1-2-14(10-17)22(24,25)26/h1-3,10,12,15-16,18,27H,4-9,11,13H2/t15-,16-,18-/m0/s1. The third kappa shape index (κ3) is 6.10. The second-order valence-corrected chi connectivity index (χ2v) is 11.4. The van der Waals surface area contributed by atoms with Gasteiger partial charge < -0.3 is 14.8 Å². The summed E-state index contributed by atoms with van der Waals surface area (Å²) in [6, 6.07) is 4.54. The van der Waals surface area contributed by atoms with Gasteiger partial charge in [-0.15, -0.1) is 0 Å². The molecular formula is C22H25ClF3N3O5S. The number of hydrogen-bond donors (Lipinski definition) is 1. The smallest absolute Gasteiger partial charge is 0.416 e. The maximum absolute atomic E-state index is 12.9. The molecule has 2 fully saturated rings. The second kappa shape index (κ2) is 10.4. The molecule has 1 aromatic heterocycles. The predicted octanol–water partition coefficient (Wildman–Crippen LogP) is 3.70. The molecule has 0 unspecified atom stereocenters. The Bertz CT molecular complexity index is 1210. The fraction of sp³-hybridized carbons (Fsp3) is 0.545. The van der Waals surface area contributed by atoms with Gasteiger partial charge in [0.25, 0.3) is 5.56 Å². The molecule has 0 amide bonds. The Morgan fingerprint density at radius 2 is 1.97 bits per heavy atom. The van der Waals surface area contributed by atoms with Gasteiger partial charge in [0.05, 0.1) is 48.6 Å². The first-order valence-corrected chi connectivity index (χ1v) is 13.3. The lowest BCUT2D eigenvalue weighted by atomic mass is 9.93. The van der Waals surface area contributed by atoms with Crippen molar-refractivity contribution in [3.63, 3.8) is 0 Å². The Hall–Kier alpha value is -2.31. The summed E-state index contributed by atoms with van der Waals surface area (Å²) in [5, 5.41) is 6.29. The fourth-order valence-electron chi connectivity index (χ4n) is 4.24. The van der Waals surface area contributed by atoms with E-state index in [4.69, 9.17) is 21.1 Å². The van der Waals surface area contributed by atoms with E-state index in [1.807, 2.05) is 0 Å². The van der Waals surface area contributed by atoms with Crippen LogP contribution in [0, 0.1) is 0 Å². The van der Waals surface area contributed by atoms with Crippen molar-refractivity contribution in [1.29, 1.82) is 0 Å². The van der Waals surface area contributed by atoms with Gasteiger partial charge in [0.1, 0.15) is 16.0 Å². The molecule has 2 aliphatic rings. The number of nitrogens with one attached hydrogen (secondary N) is 1. The van der Waals surface area contributed by atoms with Crippen LogP contribution in [0.5, 0.6) is 5.75 Å². The number of halogens is 4. The molecule has 2 aromatic rings. The average molecular weight is 536 g/mol. The maximum atomic E-state index is 12.9. The molecule has 2 heterocycles. The molecule has 1 atom stereocenters. The molecule has 35 heavy (non-hydrogen) atoms. The van der Waals surface area contributed by atoms with Gasteiger partial charge in [0, 0.05) is 6.54 Å². The van der Waals surface area contributed by atoms with E-state index < -0.39 is 32.4 Å². The van der Waals surface area contributed by atoms with Crippen LogP contribution < -0.4 is 15.6 Å². The molecule has 192 valence electrons. The fourth-order valence-corrected chi connectivity index (χ4v) is 5.77. The van der Waals surface area contributed by atoms with Crippen LogP contribution in [0.1, 0.15) is 37.3 Å². The maximum Gasteiger partial charge on any atom is 0.416 e. The average Bonchev–Trinajstić information content (AvgIpc) is 2.81. The van der Waals surface area contributed by atoms with Crippen LogP contribution in [0.3, 0.4) is 0 Å². The molecule has 1 saturated heterocycles. The topological polar surface area (TPSA) is 99.5 Å². The normalized spacial score (nSPS) is 24.6. The largest absolute Gasteiger partial charge is 0.490 e. The molecule has 1 saturated carbocycles. The van der Waals surface area contributed by atoms with Gasteiger partial charge in [0.15, 0.2) is 9.84 Å². The predicted molar refractivity (Wildman–Crippen MR) is 124 cm³/mol. The van der Waals surface area contributed by atoms with Gasteiger partial charge in [-0.05, 0) is 43.9 Å². The Kier molecular flexibility index (Phi) is 7.62. The van der Waals surface area contributed by atoms with E-state index in [-0.39, 0.29) is 54.1 Å². The summed E-state index contributed by atoms with van der Waals surface area (Å²) in [4.78, 5) is 12.8. The van der Waals surface area contributed by atoms with Gasteiger partial charge >= 0.3 is 6.18 Å². The minimum Gasteiger partial charge on any atom is -0.490 e. The summed E-state index contributed by atoms with van der Waals surface area (Å²) < 4.78 is 75.3. The summed E-state index contributed by atoms with van der Waals surface area (Å²) in [5.41, 5.74) is -1.02. The van der Waals surface area contributed by atoms with Gasteiger partial charge in [-0.25, -0.2) is 13.1 Å². The van der Waals surface area contributed by atoms with Gasteiger partial charge in [0.2, 0.25) is 0 Å². The van der Waals surface area contributed by atoms with Crippen LogP contribution in [0.15, 0.2) is 35.3 Å². The highest BCUT2D eigenvalue weighted by atomic mass is 35.5. The molecule has 4 rings (SSSR count). The zero-order valence-corrected chi connectivity index (χ0v) is 20.2. The zero-order valence-electron chi connectivity index (χ0n) is 18.6. The van der Waals surface area contributed by atoms with Crippen molar-refractivity contribution in [3.05, 3.63) is 51.4 Å². The number of sulfone groups is 1. The first-order chi connectivity index (χ1) is 16.5. The van der Waals surface area contributed by atoms with Crippen molar-refractivity contribution < 1.29 is 31.1 Å². The van der Waals surface area contributed by atoms with Crippen molar-refractivity contribution in [1.82, 2.24) is 9.78 Å². The van der Waals surface area contributed by atoms with Crippen molar-refractivity contribution >= 4 is 27.1 Å². The molecule has 0 spiro atoms.